The molecule has 0 fully saturated rings. The van der Waals surface area contributed by atoms with Crippen LogP contribution in [-0.4, -0.2) is 24.6 Å². The van der Waals surface area contributed by atoms with Crippen molar-refractivity contribution < 1.29 is 16.9 Å². The zero-order chi connectivity index (χ0) is 26.2. The first-order valence-corrected chi connectivity index (χ1v) is 16.5. The zero-order valence-electron chi connectivity index (χ0n) is 25.8. The van der Waals surface area contributed by atoms with Crippen LogP contribution in [0.15, 0.2) is 30.3 Å². The van der Waals surface area contributed by atoms with Gasteiger partial charge in [-0.2, -0.15) is 0 Å². The van der Waals surface area contributed by atoms with Crippen LogP contribution in [0.4, 0.5) is 0 Å². The third-order valence-corrected chi connectivity index (χ3v) is 8.45. The molecule has 1 nitrogen and oxygen atoms in total. The van der Waals surface area contributed by atoms with Crippen molar-refractivity contribution in [2.24, 2.45) is 0 Å². The van der Waals surface area contributed by atoms with E-state index in [9.17, 15) is 0 Å². The van der Waals surface area contributed by atoms with E-state index >= 15 is 0 Å². The average molecular weight is 536 g/mol. The Bertz CT molecular complexity index is 570. The summed E-state index contributed by atoms with van der Waals surface area (Å²) in [4.78, 5) is 0. The molecular weight excluding hydrogens is 470 g/mol. The molecule has 0 bridgehead atoms. The summed E-state index contributed by atoms with van der Waals surface area (Å²) in [5, 5.41) is 0. The lowest BCUT2D eigenvalue weighted by Gasteiger charge is -2.39. The predicted octanol–water partition coefficient (Wildman–Crippen LogP) is 8.65. The summed E-state index contributed by atoms with van der Waals surface area (Å²) in [6.45, 7) is 5.79. The maximum atomic E-state index is 2.49. The first-order chi connectivity index (χ1) is 17.6. The van der Waals surface area contributed by atoms with E-state index in [1.54, 1.807) is 0 Å². The van der Waals surface area contributed by atoms with Gasteiger partial charge in [0.1, 0.15) is 6.54 Å². The highest BCUT2D eigenvalue weighted by atomic mass is 35.5. The van der Waals surface area contributed by atoms with Crippen LogP contribution in [0.2, 0.25) is 0 Å². The van der Waals surface area contributed by atoms with Crippen LogP contribution >= 0.6 is 0 Å². The highest BCUT2D eigenvalue weighted by molar-refractivity contribution is 5.13. The lowest BCUT2D eigenvalue weighted by Crippen LogP contribution is -3.00. The molecule has 0 aliphatic carbocycles. The summed E-state index contributed by atoms with van der Waals surface area (Å²) in [6, 6.07) is 12.0. The number of benzene rings is 1. The van der Waals surface area contributed by atoms with Gasteiger partial charge in [0, 0.05) is 5.56 Å². The molecule has 0 heterocycles. The molecule has 0 saturated heterocycles. The molecule has 0 saturated carbocycles. The topological polar surface area (TPSA) is 0 Å². The van der Waals surface area contributed by atoms with Gasteiger partial charge in [0.2, 0.25) is 0 Å². The van der Waals surface area contributed by atoms with E-state index in [2.05, 4.69) is 58.3 Å². The second kappa shape index (κ2) is 25.7. The molecule has 0 aliphatic heterocycles. The molecule has 0 aliphatic rings. The number of nitrogens with zero attached hydrogens (tertiary/aromatic N) is 1. The van der Waals surface area contributed by atoms with Crippen molar-refractivity contribution in [2.75, 3.05) is 14.1 Å². The Labute approximate surface area is 240 Å². The second-order valence-electron chi connectivity index (χ2n) is 12.4. The Balaban J connectivity index is 0.0000130. The molecule has 0 amide bonds. The van der Waals surface area contributed by atoms with Crippen molar-refractivity contribution in [2.45, 2.75) is 174 Å². The van der Waals surface area contributed by atoms with Crippen molar-refractivity contribution in [3.63, 3.8) is 0 Å². The van der Waals surface area contributed by atoms with Crippen LogP contribution in [0.3, 0.4) is 0 Å². The first kappa shape index (κ1) is 36.5. The number of quaternary nitrogens is 1. The summed E-state index contributed by atoms with van der Waals surface area (Å²) < 4.78 is 1.15. The van der Waals surface area contributed by atoms with Gasteiger partial charge in [-0.05, 0) is 25.7 Å². The summed E-state index contributed by atoms with van der Waals surface area (Å²) in [6.07, 6.45) is 33.1. The smallest absolute Gasteiger partial charge is 0.104 e. The van der Waals surface area contributed by atoms with Crippen molar-refractivity contribution in [3.8, 4) is 0 Å². The van der Waals surface area contributed by atoms with Crippen molar-refractivity contribution in [3.05, 3.63) is 35.9 Å². The Morgan fingerprint density at radius 1 is 0.486 bits per heavy atom. The minimum Gasteiger partial charge on any atom is -1.00 e. The fraction of sp³-hybridized carbons (Fsp3) is 0.829. The zero-order valence-corrected chi connectivity index (χ0v) is 26.5. The highest BCUT2D eigenvalue weighted by Crippen LogP contribution is 2.25. The molecule has 218 valence electrons. The van der Waals surface area contributed by atoms with E-state index in [1.165, 1.54) is 160 Å². The van der Waals surface area contributed by atoms with Gasteiger partial charge in [-0.3, -0.25) is 0 Å². The maximum absolute atomic E-state index is 2.49. The van der Waals surface area contributed by atoms with Gasteiger partial charge in [-0.1, -0.05) is 166 Å². The van der Waals surface area contributed by atoms with Gasteiger partial charge in [0.15, 0.2) is 0 Å². The fourth-order valence-electron chi connectivity index (χ4n) is 5.94. The highest BCUT2D eigenvalue weighted by Gasteiger charge is 2.27. The van der Waals surface area contributed by atoms with Gasteiger partial charge >= 0.3 is 0 Å². The molecule has 1 unspecified atom stereocenters. The van der Waals surface area contributed by atoms with Crippen LogP contribution in [0.1, 0.15) is 167 Å². The Morgan fingerprint density at radius 2 is 0.811 bits per heavy atom. The average Bonchev–Trinajstić information content (AvgIpc) is 2.87. The standard InChI is InChI=1S/C35H66N.ClH/c1-5-7-9-11-13-15-17-19-21-23-28-32-35(36(3,4)33-34-29-25-24-26-30-34)31-27-22-20-18-16-14-12-10-8-6-2;/h24-26,29-30,35H,5-23,27-28,31-33H2,1-4H3;1H/q+1;/p-1. The van der Waals surface area contributed by atoms with E-state index in [0.717, 1.165) is 10.5 Å². The molecule has 37 heavy (non-hydrogen) atoms. The predicted molar refractivity (Wildman–Crippen MR) is 164 cm³/mol. The molecule has 1 rings (SSSR count). The molecule has 0 radical (unpaired) electrons. The van der Waals surface area contributed by atoms with Crippen molar-refractivity contribution in [1.82, 2.24) is 0 Å². The molecule has 1 atom stereocenters. The van der Waals surface area contributed by atoms with Crippen LogP contribution < -0.4 is 12.4 Å². The normalized spacial score (nSPS) is 12.4. The molecule has 2 heteroatoms. The van der Waals surface area contributed by atoms with Crippen LogP contribution in [-0.2, 0) is 6.54 Å². The molecule has 1 aromatic carbocycles. The Morgan fingerprint density at radius 3 is 1.16 bits per heavy atom. The summed E-state index contributed by atoms with van der Waals surface area (Å²) >= 11 is 0. The van der Waals surface area contributed by atoms with Gasteiger partial charge in [-0.15, -0.1) is 0 Å². The molecule has 1 aromatic rings. The summed E-state index contributed by atoms with van der Waals surface area (Å²) in [5.74, 6) is 0. The minimum atomic E-state index is 0. The van der Waals surface area contributed by atoms with E-state index in [-0.39, 0.29) is 12.4 Å². The SMILES string of the molecule is CCCCCCCCCCCCCC(CCCCCCCCCCCC)[N+](C)(C)Cc1ccccc1.[Cl-]. The third-order valence-electron chi connectivity index (χ3n) is 8.45. The Kier molecular flexibility index (Phi) is 25.4. The van der Waals surface area contributed by atoms with Gasteiger partial charge in [-0.25, -0.2) is 0 Å². The van der Waals surface area contributed by atoms with Crippen molar-refractivity contribution in [1.29, 1.82) is 0 Å². The lowest BCUT2D eigenvalue weighted by molar-refractivity contribution is -0.928. The molecule has 0 spiro atoms. The van der Waals surface area contributed by atoms with E-state index < -0.39 is 0 Å². The third kappa shape index (κ3) is 21.0. The number of halogens is 1. The van der Waals surface area contributed by atoms with Gasteiger partial charge in [0.05, 0.1) is 20.1 Å². The number of rotatable bonds is 26. The quantitative estimate of drug-likeness (QED) is 0.0822. The fourth-order valence-corrected chi connectivity index (χ4v) is 5.94. The van der Waals surface area contributed by atoms with Crippen LogP contribution in [0.5, 0.6) is 0 Å². The molecule has 0 aromatic heterocycles. The van der Waals surface area contributed by atoms with Crippen LogP contribution in [0.25, 0.3) is 0 Å². The van der Waals surface area contributed by atoms with E-state index in [1.807, 2.05) is 0 Å². The molecular formula is C35H66ClN. The lowest BCUT2D eigenvalue weighted by atomic mass is 9.96. The van der Waals surface area contributed by atoms with Crippen LogP contribution in [0, 0.1) is 0 Å². The van der Waals surface area contributed by atoms with E-state index in [4.69, 9.17) is 0 Å². The largest absolute Gasteiger partial charge is 1.00 e. The number of hydrogen-bond acceptors (Lipinski definition) is 0. The van der Waals surface area contributed by atoms with E-state index in [0.29, 0.717) is 0 Å². The summed E-state index contributed by atoms with van der Waals surface area (Å²) in [5.41, 5.74) is 1.49. The Hall–Kier alpha value is -0.530. The first-order valence-electron chi connectivity index (χ1n) is 16.5. The number of hydrogen-bond donors (Lipinski definition) is 0. The monoisotopic (exact) mass is 535 g/mol. The van der Waals surface area contributed by atoms with Gasteiger partial charge in [0.25, 0.3) is 0 Å². The summed E-state index contributed by atoms with van der Waals surface area (Å²) in [7, 11) is 4.99. The molecule has 0 N–H and O–H groups in total. The number of unbranched alkanes of at least 4 members (excludes halogenated alkanes) is 19. The second-order valence-corrected chi connectivity index (χ2v) is 12.4. The minimum absolute atomic E-state index is 0. The van der Waals surface area contributed by atoms with Gasteiger partial charge < -0.3 is 16.9 Å². The maximum Gasteiger partial charge on any atom is 0.104 e. The van der Waals surface area contributed by atoms with Crippen molar-refractivity contribution >= 4 is 0 Å².